The van der Waals surface area contributed by atoms with Crippen LogP contribution in [0, 0.1) is 0 Å². The van der Waals surface area contributed by atoms with Crippen LogP contribution in [0.3, 0.4) is 0 Å². The molecule has 1 aromatic rings. The van der Waals surface area contributed by atoms with Crippen molar-refractivity contribution in [2.45, 2.75) is 43.3 Å². The molecule has 20 heavy (non-hydrogen) atoms. The molecule has 0 fully saturated rings. The summed E-state index contributed by atoms with van der Waals surface area (Å²) in [6.07, 6.45) is 1.19. The van der Waals surface area contributed by atoms with E-state index in [1.54, 1.807) is 26.0 Å². The molecule has 6 heteroatoms. The Bertz CT molecular complexity index is 579. The summed E-state index contributed by atoms with van der Waals surface area (Å²) in [5.41, 5.74) is 6.77. The largest absolute Gasteiger partial charge is 0.481 e. The summed E-state index contributed by atoms with van der Waals surface area (Å²) in [6, 6.07) is 4.81. The lowest BCUT2D eigenvalue weighted by molar-refractivity contribution is -0.136. The molecule has 0 bridgehead atoms. The molecule has 0 saturated carbocycles. The van der Waals surface area contributed by atoms with E-state index in [2.05, 4.69) is 0 Å². The predicted molar refractivity (Wildman–Crippen MR) is 77.5 cm³/mol. The van der Waals surface area contributed by atoms with Crippen LogP contribution >= 0.6 is 0 Å². The molecule has 1 aromatic carbocycles. The third-order valence-corrected chi connectivity index (χ3v) is 5.13. The summed E-state index contributed by atoms with van der Waals surface area (Å²) < 4.78 is 24.4. The van der Waals surface area contributed by atoms with Crippen LogP contribution in [0.15, 0.2) is 23.1 Å². The number of hydrogen-bond donors (Lipinski definition) is 2. The SMILES string of the molecule is CC(C)S(=O)(=O)c1cc(CCCN)cc(CC(=O)O)c1. The van der Waals surface area contributed by atoms with E-state index in [1.165, 1.54) is 6.07 Å². The maximum atomic E-state index is 12.2. The molecule has 0 atom stereocenters. The van der Waals surface area contributed by atoms with Gasteiger partial charge in [0.05, 0.1) is 16.6 Å². The Balaban J connectivity index is 3.26. The Kier molecular flexibility index (Phi) is 5.71. The molecule has 0 radical (unpaired) electrons. The number of sulfone groups is 1. The Morgan fingerprint density at radius 1 is 1.25 bits per heavy atom. The minimum atomic E-state index is -3.41. The Hall–Kier alpha value is -1.40. The second kappa shape index (κ2) is 6.85. The molecule has 112 valence electrons. The van der Waals surface area contributed by atoms with Gasteiger partial charge in [-0.1, -0.05) is 6.07 Å². The molecular weight excluding hydrogens is 278 g/mol. The lowest BCUT2D eigenvalue weighted by Crippen LogP contribution is -2.15. The summed E-state index contributed by atoms with van der Waals surface area (Å²) in [6.45, 7) is 3.73. The lowest BCUT2D eigenvalue weighted by Gasteiger charge is -2.12. The van der Waals surface area contributed by atoms with Crippen molar-refractivity contribution in [2.24, 2.45) is 5.73 Å². The zero-order chi connectivity index (χ0) is 15.3. The molecule has 1 rings (SSSR count). The van der Waals surface area contributed by atoms with Gasteiger partial charge in [-0.3, -0.25) is 4.79 Å². The summed E-state index contributed by atoms with van der Waals surface area (Å²) >= 11 is 0. The minimum absolute atomic E-state index is 0.183. The van der Waals surface area contributed by atoms with Crippen molar-refractivity contribution in [1.82, 2.24) is 0 Å². The van der Waals surface area contributed by atoms with Crippen LogP contribution in [-0.4, -0.2) is 31.3 Å². The average Bonchev–Trinajstić information content (AvgIpc) is 2.35. The molecular formula is C14H21NO4S. The molecule has 0 amide bonds. The normalized spacial score (nSPS) is 11.8. The molecule has 0 saturated heterocycles. The van der Waals surface area contributed by atoms with Crippen LogP contribution in [0.25, 0.3) is 0 Å². The van der Waals surface area contributed by atoms with Crippen molar-refractivity contribution in [3.63, 3.8) is 0 Å². The Morgan fingerprint density at radius 3 is 2.35 bits per heavy atom. The fraction of sp³-hybridized carbons (Fsp3) is 0.500. The van der Waals surface area contributed by atoms with Crippen LogP contribution < -0.4 is 5.73 Å². The summed E-state index contributed by atoms with van der Waals surface area (Å²) in [5.74, 6) is -0.978. The lowest BCUT2D eigenvalue weighted by atomic mass is 10.0. The number of nitrogens with two attached hydrogens (primary N) is 1. The first-order valence-electron chi connectivity index (χ1n) is 6.56. The Labute approximate surface area is 119 Å². The van der Waals surface area contributed by atoms with E-state index in [4.69, 9.17) is 10.8 Å². The van der Waals surface area contributed by atoms with Gasteiger partial charge in [-0.05, 0) is 56.5 Å². The first-order valence-corrected chi connectivity index (χ1v) is 8.10. The second-order valence-electron chi connectivity index (χ2n) is 5.04. The van der Waals surface area contributed by atoms with E-state index < -0.39 is 21.1 Å². The molecule has 0 aliphatic carbocycles. The number of benzene rings is 1. The summed E-state index contributed by atoms with van der Waals surface area (Å²) in [4.78, 5) is 11.0. The molecule has 0 unspecified atom stereocenters. The van der Waals surface area contributed by atoms with Crippen molar-refractivity contribution < 1.29 is 18.3 Å². The van der Waals surface area contributed by atoms with Gasteiger partial charge in [0.15, 0.2) is 9.84 Å². The number of aryl methyl sites for hydroxylation is 1. The second-order valence-corrected chi connectivity index (χ2v) is 7.55. The van der Waals surface area contributed by atoms with Gasteiger partial charge >= 0.3 is 5.97 Å². The van der Waals surface area contributed by atoms with Crippen LogP contribution in [0.1, 0.15) is 31.4 Å². The van der Waals surface area contributed by atoms with Gasteiger partial charge in [-0.15, -0.1) is 0 Å². The number of rotatable bonds is 7. The molecule has 0 spiro atoms. The first kappa shape index (κ1) is 16.7. The summed E-state index contributed by atoms with van der Waals surface area (Å²) in [7, 11) is -3.41. The fourth-order valence-electron chi connectivity index (χ4n) is 1.89. The molecule has 5 nitrogen and oxygen atoms in total. The highest BCUT2D eigenvalue weighted by atomic mass is 32.2. The van der Waals surface area contributed by atoms with Crippen molar-refractivity contribution in [3.8, 4) is 0 Å². The highest BCUT2D eigenvalue weighted by Crippen LogP contribution is 2.21. The summed E-state index contributed by atoms with van der Waals surface area (Å²) in [5, 5.41) is 8.33. The van der Waals surface area contributed by atoms with E-state index in [0.29, 0.717) is 18.5 Å². The van der Waals surface area contributed by atoms with E-state index in [-0.39, 0.29) is 11.3 Å². The quantitative estimate of drug-likeness (QED) is 0.793. The number of hydrogen-bond acceptors (Lipinski definition) is 4. The Morgan fingerprint density at radius 2 is 1.85 bits per heavy atom. The van der Waals surface area contributed by atoms with Crippen LogP contribution in [0.5, 0.6) is 0 Å². The van der Waals surface area contributed by atoms with E-state index >= 15 is 0 Å². The zero-order valence-electron chi connectivity index (χ0n) is 11.8. The molecule has 0 aliphatic heterocycles. The monoisotopic (exact) mass is 299 g/mol. The average molecular weight is 299 g/mol. The van der Waals surface area contributed by atoms with Gasteiger partial charge in [0.25, 0.3) is 0 Å². The number of carbonyl (C=O) groups is 1. The minimum Gasteiger partial charge on any atom is -0.481 e. The smallest absolute Gasteiger partial charge is 0.307 e. The zero-order valence-corrected chi connectivity index (χ0v) is 12.6. The van der Waals surface area contributed by atoms with E-state index in [0.717, 1.165) is 12.0 Å². The van der Waals surface area contributed by atoms with Crippen molar-refractivity contribution in [3.05, 3.63) is 29.3 Å². The third-order valence-electron chi connectivity index (χ3n) is 3.00. The van der Waals surface area contributed by atoms with E-state index in [9.17, 15) is 13.2 Å². The van der Waals surface area contributed by atoms with Gasteiger partial charge < -0.3 is 10.8 Å². The molecule has 0 heterocycles. The van der Waals surface area contributed by atoms with E-state index in [1.807, 2.05) is 0 Å². The van der Waals surface area contributed by atoms with Gasteiger partial charge in [0, 0.05) is 0 Å². The first-order chi connectivity index (χ1) is 9.27. The number of carboxylic acids is 1. The van der Waals surface area contributed by atoms with Gasteiger partial charge in [0.2, 0.25) is 0 Å². The van der Waals surface area contributed by atoms with Gasteiger partial charge in [-0.2, -0.15) is 0 Å². The van der Waals surface area contributed by atoms with Gasteiger partial charge in [0.1, 0.15) is 0 Å². The van der Waals surface area contributed by atoms with Crippen LogP contribution in [-0.2, 0) is 27.5 Å². The van der Waals surface area contributed by atoms with Crippen LogP contribution in [0.2, 0.25) is 0 Å². The van der Waals surface area contributed by atoms with Crippen molar-refractivity contribution in [2.75, 3.05) is 6.54 Å². The number of aliphatic carboxylic acids is 1. The fourth-order valence-corrected chi connectivity index (χ4v) is 3.07. The highest BCUT2D eigenvalue weighted by Gasteiger charge is 2.20. The van der Waals surface area contributed by atoms with Gasteiger partial charge in [-0.25, -0.2) is 8.42 Å². The topological polar surface area (TPSA) is 97.5 Å². The van der Waals surface area contributed by atoms with Crippen LogP contribution in [0.4, 0.5) is 0 Å². The maximum absolute atomic E-state index is 12.2. The third kappa shape index (κ3) is 4.31. The molecule has 0 aromatic heterocycles. The number of carboxylic acid groups (broad SMARTS) is 1. The van der Waals surface area contributed by atoms with Crippen molar-refractivity contribution >= 4 is 15.8 Å². The highest BCUT2D eigenvalue weighted by molar-refractivity contribution is 7.92. The molecule has 0 aliphatic rings. The predicted octanol–water partition coefficient (Wildman–Crippen LogP) is 1.39. The maximum Gasteiger partial charge on any atom is 0.307 e. The molecule has 3 N–H and O–H groups in total. The standard InChI is InChI=1S/C14H21NO4S/c1-10(2)20(18,19)13-7-11(4-3-5-15)6-12(8-13)9-14(16)17/h6-8,10H,3-5,9,15H2,1-2H3,(H,16,17). The van der Waals surface area contributed by atoms with Crippen molar-refractivity contribution in [1.29, 1.82) is 0 Å².